The second-order valence-corrected chi connectivity index (χ2v) is 7.05. The molecule has 1 N–H and O–H groups in total. The van der Waals surface area contributed by atoms with Gasteiger partial charge in [0.1, 0.15) is 11.6 Å². The van der Waals surface area contributed by atoms with Gasteiger partial charge in [-0.1, -0.05) is 30.3 Å². The molecule has 0 radical (unpaired) electrons. The van der Waals surface area contributed by atoms with Gasteiger partial charge in [0.05, 0.1) is 0 Å². The molecule has 1 aromatic carbocycles. The van der Waals surface area contributed by atoms with Gasteiger partial charge >= 0.3 is 12.1 Å². The van der Waals surface area contributed by atoms with Gasteiger partial charge in [0.2, 0.25) is 0 Å². The molecule has 1 fully saturated rings. The van der Waals surface area contributed by atoms with Gasteiger partial charge in [-0.15, -0.1) is 0 Å². The molecule has 1 saturated heterocycles. The van der Waals surface area contributed by atoms with Crippen LogP contribution in [0.15, 0.2) is 30.3 Å². The van der Waals surface area contributed by atoms with Crippen molar-refractivity contribution in [2.75, 3.05) is 6.54 Å². The van der Waals surface area contributed by atoms with E-state index in [1.165, 1.54) is 4.90 Å². The first-order valence-corrected chi connectivity index (χ1v) is 8.04. The summed E-state index contributed by atoms with van der Waals surface area (Å²) in [5, 5.41) is 9.65. The summed E-state index contributed by atoms with van der Waals surface area (Å²) in [6, 6.07) is 8.97. The smallest absolute Gasteiger partial charge is 0.411 e. The van der Waals surface area contributed by atoms with Crippen molar-refractivity contribution in [3.63, 3.8) is 0 Å². The third-order valence-corrected chi connectivity index (χ3v) is 3.98. The normalized spacial score (nSPS) is 21.8. The van der Waals surface area contributed by atoms with Gasteiger partial charge in [-0.2, -0.15) is 0 Å². The maximum atomic E-state index is 12.4. The van der Waals surface area contributed by atoms with E-state index in [2.05, 4.69) is 0 Å². The van der Waals surface area contributed by atoms with Crippen molar-refractivity contribution in [3.05, 3.63) is 35.9 Å². The molecule has 0 spiro atoms. The highest BCUT2D eigenvalue weighted by Crippen LogP contribution is 2.28. The number of rotatable bonds is 3. The summed E-state index contributed by atoms with van der Waals surface area (Å²) in [6.45, 7) is 5.78. The lowest BCUT2D eigenvalue weighted by Gasteiger charge is -2.39. The van der Waals surface area contributed by atoms with Crippen LogP contribution in [0.2, 0.25) is 0 Å². The Morgan fingerprint density at radius 3 is 2.48 bits per heavy atom. The fraction of sp³-hybridized carbons (Fsp3) is 0.556. The molecule has 1 aliphatic rings. The SMILES string of the molecule is CC(C)(C)OC(=O)N1CCC[C@@H](Cc2ccccc2)[C@H]1C(=O)O. The molecule has 2 rings (SSSR count). The van der Waals surface area contributed by atoms with Crippen LogP contribution in [0.5, 0.6) is 0 Å². The number of amides is 1. The molecule has 0 bridgehead atoms. The average Bonchev–Trinajstić information content (AvgIpc) is 2.46. The molecule has 0 saturated carbocycles. The quantitative estimate of drug-likeness (QED) is 0.928. The van der Waals surface area contributed by atoms with E-state index in [1.54, 1.807) is 20.8 Å². The van der Waals surface area contributed by atoms with Crippen LogP contribution >= 0.6 is 0 Å². The summed E-state index contributed by atoms with van der Waals surface area (Å²) in [5.41, 5.74) is 0.460. The van der Waals surface area contributed by atoms with E-state index in [1.807, 2.05) is 30.3 Å². The molecule has 1 amide bonds. The molecule has 2 atom stereocenters. The van der Waals surface area contributed by atoms with Crippen LogP contribution in [0.3, 0.4) is 0 Å². The summed E-state index contributed by atoms with van der Waals surface area (Å²) >= 11 is 0. The van der Waals surface area contributed by atoms with Crippen LogP contribution in [0.4, 0.5) is 4.79 Å². The van der Waals surface area contributed by atoms with E-state index < -0.39 is 23.7 Å². The molecule has 1 heterocycles. The number of nitrogens with zero attached hydrogens (tertiary/aromatic N) is 1. The molecule has 1 aliphatic heterocycles. The molecule has 5 heteroatoms. The third-order valence-electron chi connectivity index (χ3n) is 3.98. The first kappa shape index (κ1) is 17.3. The molecule has 1 aromatic rings. The van der Waals surface area contributed by atoms with Crippen molar-refractivity contribution in [2.45, 2.75) is 51.7 Å². The number of ether oxygens (including phenoxy) is 1. The van der Waals surface area contributed by atoms with Gasteiger partial charge in [0.15, 0.2) is 0 Å². The lowest BCUT2D eigenvalue weighted by molar-refractivity contribution is -0.146. The van der Waals surface area contributed by atoms with E-state index in [0.717, 1.165) is 18.4 Å². The van der Waals surface area contributed by atoms with E-state index in [4.69, 9.17) is 4.74 Å². The molecule has 5 nitrogen and oxygen atoms in total. The standard InChI is InChI=1S/C18H25NO4/c1-18(2,3)23-17(22)19-11-7-10-14(15(19)16(20)21)12-13-8-5-4-6-9-13/h4-6,8-9,14-15H,7,10-12H2,1-3H3,(H,20,21)/t14-,15-/m0/s1. The molecular weight excluding hydrogens is 294 g/mol. The largest absolute Gasteiger partial charge is 0.480 e. The van der Waals surface area contributed by atoms with Crippen LogP contribution in [-0.2, 0) is 16.0 Å². The Kier molecular flexibility index (Phi) is 5.29. The van der Waals surface area contributed by atoms with E-state index in [-0.39, 0.29) is 5.92 Å². The summed E-state index contributed by atoms with van der Waals surface area (Å²) < 4.78 is 5.38. The highest BCUT2D eigenvalue weighted by atomic mass is 16.6. The van der Waals surface area contributed by atoms with Crippen molar-refractivity contribution in [1.29, 1.82) is 0 Å². The number of piperidine rings is 1. The first-order valence-electron chi connectivity index (χ1n) is 8.04. The van der Waals surface area contributed by atoms with Crippen molar-refractivity contribution in [2.24, 2.45) is 5.92 Å². The predicted molar refractivity (Wildman–Crippen MR) is 87.2 cm³/mol. The van der Waals surface area contributed by atoms with Gasteiger partial charge in [0.25, 0.3) is 0 Å². The van der Waals surface area contributed by atoms with E-state index >= 15 is 0 Å². The average molecular weight is 319 g/mol. The molecule has 126 valence electrons. The lowest BCUT2D eigenvalue weighted by Crippen LogP contribution is -2.54. The number of carboxylic acid groups (broad SMARTS) is 1. The van der Waals surface area contributed by atoms with Crippen LogP contribution in [0.25, 0.3) is 0 Å². The van der Waals surface area contributed by atoms with Gasteiger partial charge in [-0.05, 0) is 51.5 Å². The number of carboxylic acids is 1. The maximum Gasteiger partial charge on any atom is 0.411 e. The number of likely N-dealkylation sites (tertiary alicyclic amines) is 1. The Balaban J connectivity index is 2.16. The number of carbonyl (C=O) groups excluding carboxylic acids is 1. The predicted octanol–water partition coefficient (Wildman–Crippen LogP) is 3.33. The number of hydrogen-bond acceptors (Lipinski definition) is 3. The van der Waals surface area contributed by atoms with Gasteiger partial charge in [-0.3, -0.25) is 4.90 Å². The summed E-state index contributed by atoms with van der Waals surface area (Å²) in [4.78, 5) is 25.5. The zero-order valence-electron chi connectivity index (χ0n) is 14.0. The summed E-state index contributed by atoms with van der Waals surface area (Å²) in [7, 11) is 0. The number of aliphatic carboxylic acids is 1. The zero-order chi connectivity index (χ0) is 17.0. The van der Waals surface area contributed by atoms with E-state index in [9.17, 15) is 14.7 Å². The number of carbonyl (C=O) groups is 2. The lowest BCUT2D eigenvalue weighted by atomic mass is 9.84. The second kappa shape index (κ2) is 7.02. The van der Waals surface area contributed by atoms with Crippen LogP contribution in [-0.4, -0.2) is 40.3 Å². The Hall–Kier alpha value is -2.04. The molecule has 23 heavy (non-hydrogen) atoms. The summed E-state index contributed by atoms with van der Waals surface area (Å²) in [6.07, 6.45) is 1.70. The molecular formula is C18H25NO4. The number of benzene rings is 1. The Labute approximate surface area is 137 Å². The number of hydrogen-bond donors (Lipinski definition) is 1. The van der Waals surface area contributed by atoms with Gasteiger partial charge in [0, 0.05) is 6.54 Å². The Bertz CT molecular complexity index is 550. The fourth-order valence-corrected chi connectivity index (χ4v) is 3.07. The zero-order valence-corrected chi connectivity index (χ0v) is 14.0. The molecule has 0 aliphatic carbocycles. The minimum absolute atomic E-state index is 0.101. The van der Waals surface area contributed by atoms with E-state index in [0.29, 0.717) is 13.0 Å². The van der Waals surface area contributed by atoms with Crippen molar-refractivity contribution in [3.8, 4) is 0 Å². The first-order chi connectivity index (χ1) is 10.8. The topological polar surface area (TPSA) is 66.8 Å². The highest BCUT2D eigenvalue weighted by Gasteiger charge is 2.40. The summed E-state index contributed by atoms with van der Waals surface area (Å²) in [5.74, 6) is -1.06. The molecule has 0 unspecified atom stereocenters. The Morgan fingerprint density at radius 2 is 1.91 bits per heavy atom. The minimum Gasteiger partial charge on any atom is -0.480 e. The molecule has 0 aromatic heterocycles. The monoisotopic (exact) mass is 319 g/mol. The fourth-order valence-electron chi connectivity index (χ4n) is 3.07. The highest BCUT2D eigenvalue weighted by molar-refractivity contribution is 5.80. The second-order valence-electron chi connectivity index (χ2n) is 7.05. The van der Waals surface area contributed by atoms with Crippen LogP contribution in [0.1, 0.15) is 39.2 Å². The van der Waals surface area contributed by atoms with Crippen LogP contribution in [0, 0.1) is 5.92 Å². The van der Waals surface area contributed by atoms with Gasteiger partial charge in [-0.25, -0.2) is 9.59 Å². The minimum atomic E-state index is -0.962. The van der Waals surface area contributed by atoms with Crippen molar-refractivity contribution in [1.82, 2.24) is 4.90 Å². The van der Waals surface area contributed by atoms with Crippen molar-refractivity contribution >= 4 is 12.1 Å². The van der Waals surface area contributed by atoms with Gasteiger partial charge < -0.3 is 9.84 Å². The van der Waals surface area contributed by atoms with Crippen LogP contribution < -0.4 is 0 Å². The van der Waals surface area contributed by atoms with Crippen molar-refractivity contribution < 1.29 is 19.4 Å². The Morgan fingerprint density at radius 1 is 1.26 bits per heavy atom. The maximum absolute atomic E-state index is 12.4. The third kappa shape index (κ3) is 4.71.